The van der Waals surface area contributed by atoms with E-state index in [9.17, 15) is 22.4 Å². The Morgan fingerprint density at radius 2 is 1.94 bits per heavy atom. The van der Waals surface area contributed by atoms with Gasteiger partial charge in [0.2, 0.25) is 0 Å². The molecule has 0 saturated heterocycles. The van der Waals surface area contributed by atoms with E-state index in [0.29, 0.717) is 23.0 Å². The Balaban J connectivity index is 1.40. The van der Waals surface area contributed by atoms with Gasteiger partial charge in [0, 0.05) is 23.5 Å². The molecule has 2 N–H and O–H groups in total. The van der Waals surface area contributed by atoms with Crippen molar-refractivity contribution in [2.24, 2.45) is 0 Å². The molecular weight excluding hydrogens is 484 g/mol. The monoisotopic (exact) mass is 499 g/mol. The third kappa shape index (κ3) is 4.60. The van der Waals surface area contributed by atoms with Crippen molar-refractivity contribution < 1.29 is 26.9 Å². The van der Waals surface area contributed by atoms with Gasteiger partial charge >= 0.3 is 11.8 Å². The zero-order valence-corrected chi connectivity index (χ0v) is 18.4. The summed E-state index contributed by atoms with van der Waals surface area (Å²) in [6.45, 7) is 0. The van der Waals surface area contributed by atoms with E-state index < -0.39 is 29.6 Å². The van der Waals surface area contributed by atoms with Gasteiger partial charge in [0.25, 0.3) is 5.91 Å². The number of amides is 1. The predicted molar refractivity (Wildman–Crippen MR) is 119 cm³/mol. The van der Waals surface area contributed by atoms with E-state index in [1.165, 1.54) is 6.07 Å². The van der Waals surface area contributed by atoms with E-state index in [4.69, 9.17) is 0 Å². The van der Waals surface area contributed by atoms with Gasteiger partial charge in [-0.05, 0) is 34.6 Å². The van der Waals surface area contributed by atoms with Crippen molar-refractivity contribution in [1.29, 1.82) is 0 Å². The van der Waals surface area contributed by atoms with Crippen molar-refractivity contribution in [2.45, 2.75) is 12.2 Å². The van der Waals surface area contributed by atoms with Crippen molar-refractivity contribution in [3.8, 4) is 22.3 Å². The third-order valence-electron chi connectivity index (χ3n) is 5.19. The number of nitrogens with zero attached hydrogens (tertiary/aromatic N) is 4. The number of aromatic amines is 1. The van der Waals surface area contributed by atoms with Gasteiger partial charge < -0.3 is 5.32 Å². The van der Waals surface area contributed by atoms with E-state index in [2.05, 4.69) is 20.1 Å². The minimum Gasteiger partial charge on any atom is -0.335 e. The van der Waals surface area contributed by atoms with Crippen molar-refractivity contribution in [1.82, 2.24) is 25.4 Å². The zero-order valence-electron chi connectivity index (χ0n) is 17.6. The topological polar surface area (TPSA) is 87.7 Å². The lowest BCUT2D eigenvalue weighted by molar-refractivity contribution is -0.578. The second-order valence-electron chi connectivity index (χ2n) is 7.51. The van der Waals surface area contributed by atoms with Crippen LogP contribution in [-0.4, -0.2) is 32.1 Å². The number of H-pyrrole nitrogens is 1. The first-order valence-corrected chi connectivity index (χ1v) is 11.0. The summed E-state index contributed by atoms with van der Waals surface area (Å²) in [7, 11) is 0. The summed E-state index contributed by atoms with van der Waals surface area (Å²) in [5.41, 5.74) is 3.07. The first-order chi connectivity index (χ1) is 16.8. The molecule has 1 amide bonds. The molecule has 35 heavy (non-hydrogen) atoms. The van der Waals surface area contributed by atoms with Crippen LogP contribution in [0.25, 0.3) is 27.9 Å². The molecule has 0 aliphatic rings. The maximum absolute atomic E-state index is 13.6. The highest BCUT2D eigenvalue weighted by molar-refractivity contribution is 7.12. The van der Waals surface area contributed by atoms with Crippen LogP contribution in [0.2, 0.25) is 0 Å². The molecule has 0 bridgehead atoms. The fourth-order valence-electron chi connectivity index (χ4n) is 3.50. The number of rotatable bonds is 5. The van der Waals surface area contributed by atoms with Gasteiger partial charge in [0.1, 0.15) is 12.0 Å². The molecule has 1 atom stereocenters. The number of aromatic nitrogens is 5. The molecule has 0 aliphatic carbocycles. The zero-order chi connectivity index (χ0) is 24.6. The molecule has 0 aromatic carbocycles. The van der Waals surface area contributed by atoms with E-state index in [-0.39, 0.29) is 4.88 Å². The largest absolute Gasteiger partial charge is 0.414 e. The summed E-state index contributed by atoms with van der Waals surface area (Å²) in [4.78, 5) is 24.8. The molecule has 0 radical (unpaired) electrons. The number of carbonyl (C=O) groups excluding carboxylic acids is 1. The minimum atomic E-state index is -4.82. The van der Waals surface area contributed by atoms with Crippen LogP contribution >= 0.6 is 11.3 Å². The molecule has 1 unspecified atom stereocenters. The molecule has 5 aromatic rings. The second-order valence-corrected chi connectivity index (χ2v) is 8.43. The number of nitrogens with one attached hydrogen (secondary N) is 2. The van der Waals surface area contributed by atoms with Crippen LogP contribution < -0.4 is 9.83 Å². The van der Waals surface area contributed by atoms with Crippen LogP contribution in [0.4, 0.5) is 17.6 Å². The average Bonchev–Trinajstić information content (AvgIpc) is 3.50. The lowest BCUT2D eigenvalue weighted by atomic mass is 10.1. The SMILES string of the molecule is O=C(NC(c1ccc(F)cn1)C(F)(F)F)c1cc(-c2c[nH][n+]3cc(-c4cccnc4)cnc23)cs1. The van der Waals surface area contributed by atoms with Crippen LogP contribution in [0, 0.1) is 5.82 Å². The fraction of sp³-hybridized carbons (Fsp3) is 0.0870. The Labute approximate surface area is 199 Å². The maximum atomic E-state index is 13.6. The molecule has 5 heterocycles. The molecule has 7 nitrogen and oxygen atoms in total. The maximum Gasteiger partial charge on any atom is 0.414 e. The molecule has 0 fully saturated rings. The summed E-state index contributed by atoms with van der Waals surface area (Å²) in [5.74, 6) is -1.70. The highest BCUT2D eigenvalue weighted by atomic mass is 32.1. The highest BCUT2D eigenvalue weighted by Gasteiger charge is 2.43. The van der Waals surface area contributed by atoms with E-state index in [1.807, 2.05) is 23.6 Å². The van der Waals surface area contributed by atoms with Crippen LogP contribution in [0.1, 0.15) is 21.4 Å². The third-order valence-corrected chi connectivity index (χ3v) is 6.12. The van der Waals surface area contributed by atoms with Crippen molar-refractivity contribution in [3.63, 3.8) is 0 Å². The molecule has 0 spiro atoms. The molecule has 12 heteroatoms. The van der Waals surface area contributed by atoms with Crippen LogP contribution in [0.3, 0.4) is 0 Å². The highest BCUT2D eigenvalue weighted by Crippen LogP contribution is 2.33. The van der Waals surface area contributed by atoms with E-state index >= 15 is 0 Å². The van der Waals surface area contributed by atoms with Gasteiger partial charge in [-0.25, -0.2) is 9.49 Å². The van der Waals surface area contributed by atoms with Gasteiger partial charge in [-0.3, -0.25) is 14.8 Å². The van der Waals surface area contributed by atoms with Crippen molar-refractivity contribution in [3.05, 3.63) is 89.3 Å². The fourth-order valence-corrected chi connectivity index (χ4v) is 4.31. The first-order valence-electron chi connectivity index (χ1n) is 10.2. The Morgan fingerprint density at radius 3 is 2.66 bits per heavy atom. The summed E-state index contributed by atoms with van der Waals surface area (Å²) in [6, 6.07) is 4.58. The first kappa shape index (κ1) is 22.6. The summed E-state index contributed by atoms with van der Waals surface area (Å²) in [6.07, 6.45) is 4.47. The Hall–Kier alpha value is -4.19. The van der Waals surface area contributed by atoms with Crippen LogP contribution in [0.15, 0.2) is 72.9 Å². The Morgan fingerprint density at radius 1 is 1.09 bits per heavy atom. The lowest BCUT2D eigenvalue weighted by Crippen LogP contribution is -2.38. The summed E-state index contributed by atoms with van der Waals surface area (Å²) < 4.78 is 55.5. The number of hydrogen-bond donors (Lipinski definition) is 2. The van der Waals surface area contributed by atoms with Gasteiger partial charge in [-0.15, -0.1) is 15.9 Å². The van der Waals surface area contributed by atoms with E-state index in [0.717, 1.165) is 34.6 Å². The number of carbonyl (C=O) groups is 1. The second kappa shape index (κ2) is 8.87. The molecule has 5 aromatic heterocycles. The van der Waals surface area contributed by atoms with Gasteiger partial charge in [-0.1, -0.05) is 6.07 Å². The van der Waals surface area contributed by atoms with Crippen LogP contribution in [0.5, 0.6) is 0 Å². The lowest BCUT2D eigenvalue weighted by Gasteiger charge is -2.20. The minimum absolute atomic E-state index is 0.0719. The predicted octanol–water partition coefficient (Wildman–Crippen LogP) is 4.51. The van der Waals surface area contributed by atoms with Gasteiger partial charge in [0.15, 0.2) is 12.2 Å². The number of hydrogen-bond acceptors (Lipinski definition) is 5. The summed E-state index contributed by atoms with van der Waals surface area (Å²) >= 11 is 0.996. The molecule has 5 rings (SSSR count). The van der Waals surface area contributed by atoms with E-state index in [1.54, 1.807) is 34.7 Å². The average molecular weight is 499 g/mol. The number of pyridine rings is 2. The standard InChI is InChI=1S/C23H14F4N6OS/c24-16-3-4-18(29-9-16)20(23(25,26)27)32-22(34)19-6-14(12-35-19)17-10-31-33-11-15(8-30-21(17)33)13-2-1-5-28-7-13/h1-12,20H,(H,32,34)/p+1. The normalized spacial score (nSPS) is 12.6. The number of fused-ring (bicyclic) bond motifs is 1. The quantitative estimate of drug-likeness (QED) is 0.275. The van der Waals surface area contributed by atoms with Crippen molar-refractivity contribution in [2.75, 3.05) is 0 Å². The number of alkyl halides is 3. The van der Waals surface area contributed by atoms with Gasteiger partial charge in [0.05, 0.1) is 34.1 Å². The van der Waals surface area contributed by atoms with Crippen molar-refractivity contribution >= 4 is 22.9 Å². The molecular formula is C23H15F4N6OS+. The smallest absolute Gasteiger partial charge is 0.335 e. The van der Waals surface area contributed by atoms with Crippen LogP contribution in [-0.2, 0) is 0 Å². The summed E-state index contributed by atoms with van der Waals surface area (Å²) in [5, 5.41) is 6.68. The van der Waals surface area contributed by atoms with Gasteiger partial charge in [-0.2, -0.15) is 13.2 Å². The Kier molecular flexibility index (Phi) is 5.73. The number of thiophene rings is 1. The molecule has 0 aliphatic heterocycles. The molecule has 0 saturated carbocycles. The Bertz CT molecular complexity index is 1500. The number of halogens is 4. The molecule has 176 valence electrons.